The highest BCUT2D eigenvalue weighted by Gasteiger charge is 2.55. The van der Waals surface area contributed by atoms with Crippen LogP contribution in [0.3, 0.4) is 0 Å². The van der Waals surface area contributed by atoms with Crippen molar-refractivity contribution in [3.05, 3.63) is 29.3 Å². The largest absolute Gasteiger partial charge is 0.481 e. The summed E-state index contributed by atoms with van der Waals surface area (Å²) >= 11 is 0. The molecule has 9 nitrogen and oxygen atoms in total. The van der Waals surface area contributed by atoms with Gasteiger partial charge < -0.3 is 24.6 Å². The van der Waals surface area contributed by atoms with Gasteiger partial charge in [0.15, 0.2) is 0 Å². The number of benzene rings is 1. The Morgan fingerprint density at radius 1 is 0.966 bits per heavy atom. The Morgan fingerprint density at radius 3 is 1.97 bits per heavy atom. The minimum Gasteiger partial charge on any atom is -0.481 e. The molecule has 2 bridgehead atoms. The number of esters is 2. The molecule has 29 heavy (non-hydrogen) atoms. The zero-order chi connectivity index (χ0) is 21.1. The van der Waals surface area contributed by atoms with Crippen LogP contribution in [0.4, 0.5) is 5.69 Å². The lowest BCUT2D eigenvalue weighted by atomic mass is 9.78. The minimum absolute atomic E-state index is 0.0756. The number of amides is 1. The molecule has 2 heterocycles. The molecule has 1 aromatic carbocycles. The Morgan fingerprint density at radius 2 is 1.48 bits per heavy atom. The third kappa shape index (κ3) is 4.24. The van der Waals surface area contributed by atoms with E-state index in [2.05, 4.69) is 5.32 Å². The molecule has 1 aromatic rings. The highest BCUT2D eigenvalue weighted by molar-refractivity contribution is 6.01. The summed E-state index contributed by atoms with van der Waals surface area (Å²) in [5.41, 5.74) is 0.328. The Labute approximate surface area is 167 Å². The van der Waals surface area contributed by atoms with Crippen molar-refractivity contribution in [2.24, 2.45) is 11.8 Å². The van der Waals surface area contributed by atoms with E-state index < -0.39 is 47.9 Å². The average Bonchev–Trinajstić information content (AvgIpc) is 3.29. The van der Waals surface area contributed by atoms with Crippen LogP contribution < -0.4 is 5.32 Å². The van der Waals surface area contributed by atoms with Crippen LogP contribution in [-0.2, 0) is 23.8 Å². The third-order valence-corrected chi connectivity index (χ3v) is 5.08. The highest BCUT2D eigenvalue weighted by atomic mass is 16.5. The number of carbonyl (C=O) groups is 4. The van der Waals surface area contributed by atoms with E-state index in [9.17, 15) is 24.3 Å². The molecule has 2 saturated heterocycles. The number of carbonyl (C=O) groups excluding carboxylic acids is 3. The Kier molecular flexibility index (Phi) is 6.17. The maximum absolute atomic E-state index is 12.8. The number of aliphatic carboxylic acids is 1. The molecule has 0 radical (unpaired) electrons. The van der Waals surface area contributed by atoms with Gasteiger partial charge in [-0.25, -0.2) is 9.59 Å². The van der Waals surface area contributed by atoms with Crippen LogP contribution in [0.1, 0.15) is 47.4 Å². The van der Waals surface area contributed by atoms with Crippen molar-refractivity contribution in [1.29, 1.82) is 0 Å². The number of hydrogen-bond donors (Lipinski definition) is 2. The molecule has 0 aliphatic carbocycles. The zero-order valence-electron chi connectivity index (χ0n) is 16.2. The van der Waals surface area contributed by atoms with Gasteiger partial charge in [0.1, 0.15) is 0 Å². The standard InChI is InChI=1S/C20H23NO8/c1-3-27-19(25)10-7-11(20(26)28-4-2)9-12(8-10)21-17(22)15-13-5-6-14(29-13)16(15)18(23)24/h7-9,13-16H,3-6H2,1-2H3,(H,21,22)(H,23,24)/t13-,14-,15-,16-/m0/s1. The van der Waals surface area contributed by atoms with E-state index in [1.165, 1.54) is 18.2 Å². The minimum atomic E-state index is -1.08. The molecule has 1 amide bonds. The summed E-state index contributed by atoms with van der Waals surface area (Å²) in [5.74, 6) is -4.68. The van der Waals surface area contributed by atoms with Crippen LogP contribution in [0, 0.1) is 11.8 Å². The first-order valence-corrected chi connectivity index (χ1v) is 9.54. The van der Waals surface area contributed by atoms with Gasteiger partial charge >= 0.3 is 17.9 Å². The summed E-state index contributed by atoms with van der Waals surface area (Å²) in [7, 11) is 0. The van der Waals surface area contributed by atoms with E-state index in [-0.39, 0.29) is 30.0 Å². The van der Waals surface area contributed by atoms with Crippen molar-refractivity contribution < 1.29 is 38.5 Å². The fraction of sp³-hybridized carbons (Fsp3) is 0.500. The lowest BCUT2D eigenvalue weighted by Gasteiger charge is -2.24. The lowest BCUT2D eigenvalue weighted by Crippen LogP contribution is -2.41. The molecule has 0 unspecified atom stereocenters. The van der Waals surface area contributed by atoms with Gasteiger partial charge in [0.25, 0.3) is 0 Å². The van der Waals surface area contributed by atoms with Crippen molar-refractivity contribution in [2.45, 2.75) is 38.9 Å². The fourth-order valence-corrected chi connectivity index (χ4v) is 3.91. The SMILES string of the molecule is CCOC(=O)c1cc(NC(=O)[C@@H]2[C@@H](C(=O)O)[C@@H]3CC[C@@H]2O3)cc(C(=O)OCC)c1. The highest BCUT2D eigenvalue weighted by Crippen LogP contribution is 2.44. The van der Waals surface area contributed by atoms with Crippen molar-refractivity contribution in [2.75, 3.05) is 18.5 Å². The lowest BCUT2D eigenvalue weighted by molar-refractivity contribution is -0.147. The summed E-state index contributed by atoms with van der Waals surface area (Å²) in [6, 6.07) is 4.08. The second-order valence-electron chi connectivity index (χ2n) is 6.91. The second-order valence-corrected chi connectivity index (χ2v) is 6.91. The molecular weight excluding hydrogens is 382 g/mol. The van der Waals surface area contributed by atoms with E-state index in [1.807, 2.05) is 0 Å². The van der Waals surface area contributed by atoms with Gasteiger partial charge in [-0.2, -0.15) is 0 Å². The zero-order valence-corrected chi connectivity index (χ0v) is 16.2. The maximum atomic E-state index is 12.8. The number of nitrogens with one attached hydrogen (secondary N) is 1. The number of carboxylic acid groups (broad SMARTS) is 1. The van der Waals surface area contributed by atoms with Gasteiger partial charge in [-0.15, -0.1) is 0 Å². The van der Waals surface area contributed by atoms with Gasteiger partial charge in [0.05, 0.1) is 48.4 Å². The first-order valence-electron chi connectivity index (χ1n) is 9.54. The van der Waals surface area contributed by atoms with Crippen LogP contribution >= 0.6 is 0 Å². The summed E-state index contributed by atoms with van der Waals surface area (Å²) in [6.45, 7) is 3.59. The number of carboxylic acids is 1. The summed E-state index contributed by atoms with van der Waals surface area (Å²) in [5, 5.41) is 12.1. The van der Waals surface area contributed by atoms with Gasteiger partial charge in [0.2, 0.25) is 5.91 Å². The molecule has 2 aliphatic rings. The maximum Gasteiger partial charge on any atom is 0.338 e. The van der Waals surface area contributed by atoms with Crippen LogP contribution in [0.25, 0.3) is 0 Å². The molecule has 156 valence electrons. The number of fused-ring (bicyclic) bond motifs is 2. The van der Waals surface area contributed by atoms with Gasteiger partial charge in [-0.05, 0) is 44.9 Å². The summed E-state index contributed by atoms with van der Waals surface area (Å²) in [6.07, 6.45) is 0.285. The van der Waals surface area contributed by atoms with Crippen LogP contribution in [0.2, 0.25) is 0 Å². The van der Waals surface area contributed by atoms with Crippen molar-refractivity contribution >= 4 is 29.5 Å². The van der Waals surface area contributed by atoms with Gasteiger partial charge in [0, 0.05) is 5.69 Å². The van der Waals surface area contributed by atoms with E-state index in [0.29, 0.717) is 12.8 Å². The molecular formula is C20H23NO8. The van der Waals surface area contributed by atoms with Gasteiger partial charge in [-0.1, -0.05) is 0 Å². The molecule has 0 spiro atoms. The molecule has 2 fully saturated rings. The van der Waals surface area contributed by atoms with Gasteiger partial charge in [-0.3, -0.25) is 9.59 Å². The first-order chi connectivity index (χ1) is 13.8. The number of rotatable bonds is 7. The van der Waals surface area contributed by atoms with E-state index >= 15 is 0 Å². The Bertz CT molecular complexity index is 800. The summed E-state index contributed by atoms with van der Waals surface area (Å²) < 4.78 is 15.6. The molecule has 9 heteroatoms. The van der Waals surface area contributed by atoms with Crippen molar-refractivity contribution in [1.82, 2.24) is 0 Å². The average molecular weight is 405 g/mol. The second kappa shape index (κ2) is 8.60. The predicted octanol–water partition coefficient (Wildman–Crippen LogP) is 1.86. The normalized spacial score (nSPS) is 24.8. The topological polar surface area (TPSA) is 128 Å². The van der Waals surface area contributed by atoms with E-state index in [0.717, 1.165) is 0 Å². The quantitative estimate of drug-likeness (QED) is 0.658. The van der Waals surface area contributed by atoms with Crippen molar-refractivity contribution in [3.63, 3.8) is 0 Å². The van der Waals surface area contributed by atoms with E-state index in [1.54, 1.807) is 13.8 Å². The molecule has 2 N–H and O–H groups in total. The molecule has 0 saturated carbocycles. The third-order valence-electron chi connectivity index (χ3n) is 5.08. The number of hydrogen-bond acceptors (Lipinski definition) is 7. The first kappa shape index (κ1) is 20.8. The number of ether oxygens (including phenoxy) is 3. The van der Waals surface area contributed by atoms with Crippen LogP contribution in [0.15, 0.2) is 18.2 Å². The van der Waals surface area contributed by atoms with Crippen molar-refractivity contribution in [3.8, 4) is 0 Å². The Balaban J connectivity index is 1.87. The molecule has 4 atom stereocenters. The number of anilines is 1. The molecule has 3 rings (SSSR count). The molecule has 2 aliphatic heterocycles. The van der Waals surface area contributed by atoms with Crippen LogP contribution in [-0.4, -0.2) is 54.3 Å². The molecule has 0 aromatic heterocycles. The monoisotopic (exact) mass is 405 g/mol. The van der Waals surface area contributed by atoms with E-state index in [4.69, 9.17) is 14.2 Å². The summed E-state index contributed by atoms with van der Waals surface area (Å²) in [4.78, 5) is 48.7. The Hall–Kier alpha value is -2.94. The smallest absolute Gasteiger partial charge is 0.338 e. The van der Waals surface area contributed by atoms with Crippen LogP contribution in [0.5, 0.6) is 0 Å². The predicted molar refractivity (Wildman–Crippen MR) is 99.5 cm³/mol. The fourth-order valence-electron chi connectivity index (χ4n) is 3.91.